The van der Waals surface area contributed by atoms with Crippen LogP contribution in [0.25, 0.3) is 0 Å². The lowest BCUT2D eigenvalue weighted by molar-refractivity contribution is -0.119. The van der Waals surface area contributed by atoms with E-state index < -0.39 is 11.9 Å². The van der Waals surface area contributed by atoms with Crippen molar-refractivity contribution in [3.05, 3.63) is 94.5 Å². The van der Waals surface area contributed by atoms with E-state index in [9.17, 15) is 9.59 Å². The van der Waals surface area contributed by atoms with Gasteiger partial charge in [-0.3, -0.25) is 4.79 Å². The largest absolute Gasteiger partial charge is 0.488 e. The van der Waals surface area contributed by atoms with E-state index in [1.54, 1.807) is 36.4 Å². The number of para-hydroxylation sites is 1. The Kier molecular flexibility index (Phi) is 6.81. The fourth-order valence-electron chi connectivity index (χ4n) is 2.44. The smallest absolute Gasteiger partial charge is 0.342 e. The zero-order valence-electron chi connectivity index (χ0n) is 14.9. The Labute approximate surface area is 171 Å². The van der Waals surface area contributed by atoms with E-state index in [0.29, 0.717) is 18.0 Å². The molecule has 0 spiro atoms. The van der Waals surface area contributed by atoms with Gasteiger partial charge in [-0.05, 0) is 42.0 Å². The summed E-state index contributed by atoms with van der Waals surface area (Å²) >= 11 is 3.33. The number of hydrogen-bond donors (Lipinski definition) is 1. The zero-order chi connectivity index (χ0) is 19.8. The average Bonchev–Trinajstić information content (AvgIpc) is 2.73. The van der Waals surface area contributed by atoms with Crippen molar-refractivity contribution in [2.24, 2.45) is 0 Å². The third-order valence-electron chi connectivity index (χ3n) is 3.81. The number of carbonyl (C=O) groups excluding carboxylic acids is 2. The van der Waals surface area contributed by atoms with Crippen LogP contribution in [0.1, 0.15) is 15.9 Å². The maximum absolute atomic E-state index is 12.4. The predicted octanol–water partition coefficient (Wildman–Crippen LogP) is 4.82. The molecule has 0 radical (unpaired) electrons. The minimum absolute atomic E-state index is 0.273. The molecule has 1 N–H and O–H groups in total. The molecule has 0 fully saturated rings. The number of amides is 1. The lowest BCUT2D eigenvalue weighted by atomic mass is 10.2. The van der Waals surface area contributed by atoms with E-state index in [1.165, 1.54) is 0 Å². The quantitative estimate of drug-likeness (QED) is 0.535. The fraction of sp³-hybridized carbons (Fsp3) is 0.0909. The number of anilines is 1. The highest BCUT2D eigenvalue weighted by Gasteiger charge is 2.15. The van der Waals surface area contributed by atoms with E-state index >= 15 is 0 Å². The Hall–Kier alpha value is -3.12. The van der Waals surface area contributed by atoms with Gasteiger partial charge >= 0.3 is 5.97 Å². The van der Waals surface area contributed by atoms with Crippen LogP contribution in [0, 0.1) is 0 Å². The molecule has 0 saturated carbocycles. The summed E-state index contributed by atoms with van der Waals surface area (Å²) < 4.78 is 11.8. The normalized spacial score (nSPS) is 10.2. The van der Waals surface area contributed by atoms with E-state index in [1.807, 2.05) is 42.5 Å². The van der Waals surface area contributed by atoms with Gasteiger partial charge in [0.2, 0.25) is 0 Å². The summed E-state index contributed by atoms with van der Waals surface area (Å²) in [5, 5.41) is 2.67. The van der Waals surface area contributed by atoms with E-state index in [2.05, 4.69) is 21.2 Å². The summed E-state index contributed by atoms with van der Waals surface area (Å²) in [6.45, 7) is -0.0584. The average molecular weight is 440 g/mol. The predicted molar refractivity (Wildman–Crippen MR) is 110 cm³/mol. The zero-order valence-corrected chi connectivity index (χ0v) is 16.5. The first-order chi connectivity index (χ1) is 13.6. The number of halogens is 1. The van der Waals surface area contributed by atoms with Crippen molar-refractivity contribution in [2.75, 3.05) is 11.9 Å². The molecule has 3 rings (SSSR count). The van der Waals surface area contributed by atoms with Gasteiger partial charge in [0, 0.05) is 10.2 Å². The highest BCUT2D eigenvalue weighted by atomic mass is 79.9. The van der Waals surface area contributed by atoms with Gasteiger partial charge in [-0.15, -0.1) is 0 Å². The van der Waals surface area contributed by atoms with Crippen LogP contribution < -0.4 is 10.1 Å². The highest BCUT2D eigenvalue weighted by molar-refractivity contribution is 9.10. The standard InChI is InChI=1S/C22H18BrNO4/c23-17-10-12-18(13-11-17)24-21(25)15-28-22(26)19-8-4-5-9-20(19)27-14-16-6-2-1-3-7-16/h1-13H,14-15H2,(H,24,25). The lowest BCUT2D eigenvalue weighted by Gasteiger charge is -2.11. The van der Waals surface area contributed by atoms with Crippen molar-refractivity contribution < 1.29 is 19.1 Å². The van der Waals surface area contributed by atoms with Crippen LogP contribution in [-0.4, -0.2) is 18.5 Å². The molecular weight excluding hydrogens is 422 g/mol. The maximum Gasteiger partial charge on any atom is 0.342 e. The second-order valence-electron chi connectivity index (χ2n) is 5.90. The second-order valence-corrected chi connectivity index (χ2v) is 6.82. The molecule has 5 nitrogen and oxygen atoms in total. The Morgan fingerprint density at radius 1 is 0.857 bits per heavy atom. The van der Waals surface area contributed by atoms with Crippen molar-refractivity contribution in [3.63, 3.8) is 0 Å². The molecule has 0 aliphatic heterocycles. The Morgan fingerprint density at radius 3 is 2.29 bits per heavy atom. The van der Waals surface area contributed by atoms with Gasteiger partial charge in [-0.2, -0.15) is 0 Å². The summed E-state index contributed by atoms with van der Waals surface area (Å²) in [6, 6.07) is 23.5. The number of ether oxygens (including phenoxy) is 2. The van der Waals surface area contributed by atoms with Crippen LogP contribution in [0.5, 0.6) is 5.75 Å². The van der Waals surface area contributed by atoms with Crippen LogP contribution in [0.2, 0.25) is 0 Å². The van der Waals surface area contributed by atoms with Crippen LogP contribution >= 0.6 is 15.9 Å². The Bertz CT molecular complexity index is 942. The van der Waals surface area contributed by atoms with Crippen molar-refractivity contribution in [1.82, 2.24) is 0 Å². The molecule has 0 saturated heterocycles. The number of rotatable bonds is 7. The first-order valence-corrected chi connectivity index (χ1v) is 9.39. The van der Waals surface area contributed by atoms with E-state index in [4.69, 9.17) is 9.47 Å². The fourth-order valence-corrected chi connectivity index (χ4v) is 2.70. The molecule has 6 heteroatoms. The molecular formula is C22H18BrNO4. The number of esters is 1. The topological polar surface area (TPSA) is 64.6 Å². The van der Waals surface area contributed by atoms with Crippen LogP contribution in [0.3, 0.4) is 0 Å². The molecule has 3 aromatic rings. The van der Waals surface area contributed by atoms with Crippen LogP contribution in [0.4, 0.5) is 5.69 Å². The van der Waals surface area contributed by atoms with Crippen LogP contribution in [0.15, 0.2) is 83.3 Å². The summed E-state index contributed by atoms with van der Waals surface area (Å²) in [7, 11) is 0. The Balaban J connectivity index is 1.56. The summed E-state index contributed by atoms with van der Waals surface area (Å²) in [4.78, 5) is 24.4. The highest BCUT2D eigenvalue weighted by Crippen LogP contribution is 2.20. The van der Waals surface area contributed by atoms with Crippen molar-refractivity contribution in [2.45, 2.75) is 6.61 Å². The maximum atomic E-state index is 12.4. The van der Waals surface area contributed by atoms with Crippen molar-refractivity contribution in [3.8, 4) is 5.75 Å². The second kappa shape index (κ2) is 9.71. The molecule has 0 atom stereocenters. The van der Waals surface area contributed by atoms with Crippen molar-refractivity contribution >= 4 is 33.5 Å². The molecule has 0 heterocycles. The van der Waals surface area contributed by atoms with Gasteiger partial charge in [-0.1, -0.05) is 58.4 Å². The molecule has 0 aliphatic carbocycles. The monoisotopic (exact) mass is 439 g/mol. The molecule has 3 aromatic carbocycles. The van der Waals surface area contributed by atoms with Gasteiger partial charge in [-0.25, -0.2) is 4.79 Å². The first kappa shape index (κ1) is 19.6. The lowest BCUT2D eigenvalue weighted by Crippen LogP contribution is -2.21. The minimum Gasteiger partial charge on any atom is -0.488 e. The summed E-state index contributed by atoms with van der Waals surface area (Å²) in [5.74, 6) is -0.627. The third kappa shape index (κ3) is 5.69. The molecule has 0 aliphatic rings. The number of carbonyl (C=O) groups is 2. The van der Waals surface area contributed by atoms with E-state index in [0.717, 1.165) is 10.0 Å². The first-order valence-electron chi connectivity index (χ1n) is 8.60. The van der Waals surface area contributed by atoms with Gasteiger partial charge in [0.15, 0.2) is 6.61 Å². The SMILES string of the molecule is O=C(COC(=O)c1ccccc1OCc1ccccc1)Nc1ccc(Br)cc1. The number of nitrogens with one attached hydrogen (secondary N) is 1. The molecule has 1 amide bonds. The number of hydrogen-bond acceptors (Lipinski definition) is 4. The van der Waals surface area contributed by atoms with E-state index in [-0.39, 0.29) is 12.2 Å². The molecule has 28 heavy (non-hydrogen) atoms. The summed E-state index contributed by atoms with van der Waals surface area (Å²) in [5.41, 5.74) is 1.88. The molecule has 142 valence electrons. The minimum atomic E-state index is -0.616. The van der Waals surface area contributed by atoms with Gasteiger partial charge in [0.05, 0.1) is 0 Å². The molecule has 0 unspecified atom stereocenters. The van der Waals surface area contributed by atoms with Gasteiger partial charge < -0.3 is 14.8 Å². The third-order valence-corrected chi connectivity index (χ3v) is 4.34. The number of benzene rings is 3. The molecule has 0 aromatic heterocycles. The van der Waals surface area contributed by atoms with Gasteiger partial charge in [0.25, 0.3) is 5.91 Å². The van der Waals surface area contributed by atoms with Crippen molar-refractivity contribution in [1.29, 1.82) is 0 Å². The summed E-state index contributed by atoms with van der Waals surface area (Å²) in [6.07, 6.45) is 0. The molecule has 0 bridgehead atoms. The van der Waals surface area contributed by atoms with Crippen LogP contribution in [-0.2, 0) is 16.1 Å². The Morgan fingerprint density at radius 2 is 1.54 bits per heavy atom. The van der Waals surface area contributed by atoms with Gasteiger partial charge in [0.1, 0.15) is 17.9 Å².